The molecule has 1 saturated heterocycles. The van der Waals surface area contributed by atoms with E-state index in [-0.39, 0.29) is 21.9 Å². The number of carbonyl (C=O) groups is 1. The summed E-state index contributed by atoms with van der Waals surface area (Å²) in [4.78, 5) is 18.7. The Hall–Kier alpha value is -1.18. The third-order valence-corrected chi connectivity index (χ3v) is 8.21. The first-order valence-electron chi connectivity index (χ1n) is 9.78. The molecule has 0 atom stereocenters. The second kappa shape index (κ2) is 8.88. The van der Waals surface area contributed by atoms with Gasteiger partial charge in [-0.15, -0.1) is 0 Å². The van der Waals surface area contributed by atoms with Gasteiger partial charge >= 0.3 is 0 Å². The standard InChI is InChI=1S/C19H28ClN3O3S/c1-22(16-7-4-2-3-5-8-16)19(24)15-10-13-23(14-11-15)27(25,26)17-9-6-12-21-18(17)20/h6,9,12,15-16H,2-5,7-8,10-11,13-14H2,1H3. The second-order valence-corrected chi connectivity index (χ2v) is 9.83. The van der Waals surface area contributed by atoms with Gasteiger partial charge in [-0.25, -0.2) is 13.4 Å². The summed E-state index contributed by atoms with van der Waals surface area (Å²) in [6, 6.07) is 3.37. The smallest absolute Gasteiger partial charge is 0.246 e. The average Bonchev–Trinajstić information content (AvgIpc) is 2.96. The number of nitrogens with zero attached hydrogens (tertiary/aromatic N) is 3. The van der Waals surface area contributed by atoms with Crippen LogP contribution in [-0.2, 0) is 14.8 Å². The highest BCUT2D eigenvalue weighted by atomic mass is 35.5. The van der Waals surface area contributed by atoms with E-state index in [1.165, 1.54) is 42.3 Å². The Bertz CT molecular complexity index is 755. The predicted molar refractivity (Wildman–Crippen MR) is 105 cm³/mol. The van der Waals surface area contributed by atoms with Crippen molar-refractivity contribution in [1.29, 1.82) is 0 Å². The zero-order valence-corrected chi connectivity index (χ0v) is 17.4. The summed E-state index contributed by atoms with van der Waals surface area (Å²) in [7, 11) is -1.76. The van der Waals surface area contributed by atoms with Crippen LogP contribution < -0.4 is 0 Å². The van der Waals surface area contributed by atoms with Gasteiger partial charge < -0.3 is 4.90 Å². The number of hydrogen-bond acceptors (Lipinski definition) is 4. The molecule has 2 heterocycles. The molecule has 1 amide bonds. The highest BCUT2D eigenvalue weighted by Gasteiger charge is 2.35. The summed E-state index contributed by atoms with van der Waals surface area (Å²) >= 11 is 5.97. The van der Waals surface area contributed by atoms with E-state index in [2.05, 4.69) is 4.98 Å². The molecule has 2 fully saturated rings. The molecule has 0 N–H and O–H groups in total. The van der Waals surface area contributed by atoms with Crippen LogP contribution in [-0.4, -0.2) is 54.7 Å². The molecular formula is C19H28ClN3O3S. The van der Waals surface area contributed by atoms with Crippen molar-refractivity contribution in [2.45, 2.75) is 62.3 Å². The maximum atomic E-state index is 12.9. The topological polar surface area (TPSA) is 70.6 Å². The first kappa shape index (κ1) is 20.6. The number of piperidine rings is 1. The van der Waals surface area contributed by atoms with Crippen LogP contribution in [0.25, 0.3) is 0 Å². The fraction of sp³-hybridized carbons (Fsp3) is 0.684. The van der Waals surface area contributed by atoms with Gasteiger partial charge in [0.1, 0.15) is 10.0 Å². The monoisotopic (exact) mass is 413 g/mol. The largest absolute Gasteiger partial charge is 0.343 e. The van der Waals surface area contributed by atoms with Crippen LogP contribution in [0.3, 0.4) is 0 Å². The number of rotatable bonds is 4. The van der Waals surface area contributed by atoms with Crippen LogP contribution >= 0.6 is 11.6 Å². The number of hydrogen-bond donors (Lipinski definition) is 0. The summed E-state index contributed by atoms with van der Waals surface area (Å²) in [5.41, 5.74) is 0. The number of carbonyl (C=O) groups excluding carboxylic acids is 1. The van der Waals surface area contributed by atoms with Crippen molar-refractivity contribution in [2.75, 3.05) is 20.1 Å². The minimum atomic E-state index is -3.67. The van der Waals surface area contributed by atoms with E-state index >= 15 is 0 Å². The maximum Gasteiger partial charge on any atom is 0.246 e. The lowest BCUT2D eigenvalue weighted by Crippen LogP contribution is -2.46. The minimum Gasteiger partial charge on any atom is -0.343 e. The summed E-state index contributed by atoms with van der Waals surface area (Å²) in [5, 5.41) is -0.0104. The van der Waals surface area contributed by atoms with Crippen molar-refractivity contribution >= 4 is 27.5 Å². The molecule has 1 saturated carbocycles. The molecule has 1 aromatic heterocycles. The van der Waals surface area contributed by atoms with Crippen molar-refractivity contribution < 1.29 is 13.2 Å². The molecule has 1 aromatic rings. The van der Waals surface area contributed by atoms with E-state index < -0.39 is 10.0 Å². The lowest BCUT2D eigenvalue weighted by atomic mass is 9.95. The molecular weight excluding hydrogens is 386 g/mol. The van der Waals surface area contributed by atoms with Gasteiger partial charge in [0.05, 0.1) is 0 Å². The highest BCUT2D eigenvalue weighted by molar-refractivity contribution is 7.89. The predicted octanol–water partition coefficient (Wildman–Crippen LogP) is 3.32. The number of halogens is 1. The van der Waals surface area contributed by atoms with Crippen molar-refractivity contribution in [3.05, 3.63) is 23.5 Å². The molecule has 2 aliphatic rings. The van der Waals surface area contributed by atoms with E-state index in [9.17, 15) is 13.2 Å². The molecule has 1 aliphatic heterocycles. The quantitative estimate of drug-likeness (QED) is 0.560. The van der Waals surface area contributed by atoms with Crippen LogP contribution in [0.5, 0.6) is 0 Å². The van der Waals surface area contributed by atoms with Gasteiger partial charge in [-0.05, 0) is 37.8 Å². The summed E-state index contributed by atoms with van der Waals surface area (Å²) in [6.45, 7) is 0.672. The molecule has 0 radical (unpaired) electrons. The van der Waals surface area contributed by atoms with Gasteiger partial charge in [-0.3, -0.25) is 4.79 Å². The number of pyridine rings is 1. The maximum absolute atomic E-state index is 12.9. The fourth-order valence-corrected chi connectivity index (χ4v) is 6.06. The number of aromatic nitrogens is 1. The lowest BCUT2D eigenvalue weighted by Gasteiger charge is -2.35. The van der Waals surface area contributed by atoms with Crippen LogP contribution in [0.15, 0.2) is 23.2 Å². The van der Waals surface area contributed by atoms with Crippen molar-refractivity contribution in [1.82, 2.24) is 14.2 Å². The molecule has 0 aromatic carbocycles. The molecule has 150 valence electrons. The minimum absolute atomic E-state index is 0.0104. The van der Waals surface area contributed by atoms with Crippen LogP contribution in [0.2, 0.25) is 5.15 Å². The van der Waals surface area contributed by atoms with Crippen LogP contribution in [0.4, 0.5) is 0 Å². The normalized spacial score (nSPS) is 21.0. The van der Waals surface area contributed by atoms with Gasteiger partial charge in [0, 0.05) is 38.3 Å². The van der Waals surface area contributed by atoms with E-state index in [1.54, 1.807) is 6.07 Å². The van der Waals surface area contributed by atoms with Gasteiger partial charge in [-0.1, -0.05) is 37.3 Å². The Kier molecular flexibility index (Phi) is 6.76. The Morgan fingerprint density at radius 1 is 1.15 bits per heavy atom. The van der Waals surface area contributed by atoms with Crippen LogP contribution in [0.1, 0.15) is 51.4 Å². The molecule has 3 rings (SSSR count). The molecule has 8 heteroatoms. The first-order chi connectivity index (χ1) is 12.9. The first-order valence-corrected chi connectivity index (χ1v) is 11.6. The van der Waals surface area contributed by atoms with Gasteiger partial charge in [0.2, 0.25) is 15.9 Å². The molecule has 0 unspecified atom stereocenters. The van der Waals surface area contributed by atoms with Crippen LogP contribution in [0, 0.1) is 5.92 Å². The number of sulfonamides is 1. The fourth-order valence-electron chi connectivity index (χ4n) is 4.16. The Morgan fingerprint density at radius 2 is 1.78 bits per heavy atom. The second-order valence-electron chi connectivity index (χ2n) is 7.57. The Labute approximate surface area is 166 Å². The third-order valence-electron chi connectivity index (χ3n) is 5.87. The van der Waals surface area contributed by atoms with E-state index in [4.69, 9.17) is 11.6 Å². The average molecular weight is 414 g/mol. The van der Waals surface area contributed by atoms with Gasteiger partial charge in [-0.2, -0.15) is 4.31 Å². The summed E-state index contributed by atoms with van der Waals surface area (Å²) in [6.07, 6.45) is 9.60. The molecule has 0 bridgehead atoms. The number of amides is 1. The Balaban J connectivity index is 1.61. The highest BCUT2D eigenvalue weighted by Crippen LogP contribution is 2.29. The molecule has 1 aliphatic carbocycles. The van der Waals surface area contributed by atoms with E-state index in [0.29, 0.717) is 32.0 Å². The SMILES string of the molecule is CN(C(=O)C1CCN(S(=O)(=O)c2cccnc2Cl)CC1)C1CCCCCC1. The Morgan fingerprint density at radius 3 is 2.37 bits per heavy atom. The molecule has 27 heavy (non-hydrogen) atoms. The lowest BCUT2D eigenvalue weighted by molar-refractivity contribution is -0.137. The van der Waals surface area contributed by atoms with Gasteiger partial charge in [0.15, 0.2) is 0 Å². The van der Waals surface area contributed by atoms with Crippen molar-refractivity contribution in [2.24, 2.45) is 5.92 Å². The summed E-state index contributed by atoms with van der Waals surface area (Å²) in [5.74, 6) is 0.0624. The third kappa shape index (κ3) is 4.63. The molecule has 6 nitrogen and oxygen atoms in total. The van der Waals surface area contributed by atoms with Crippen molar-refractivity contribution in [3.8, 4) is 0 Å². The van der Waals surface area contributed by atoms with E-state index in [0.717, 1.165) is 12.8 Å². The molecule has 0 spiro atoms. The van der Waals surface area contributed by atoms with Crippen molar-refractivity contribution in [3.63, 3.8) is 0 Å². The zero-order chi connectivity index (χ0) is 19.4. The van der Waals surface area contributed by atoms with Gasteiger partial charge in [0.25, 0.3) is 0 Å². The zero-order valence-electron chi connectivity index (χ0n) is 15.8. The van der Waals surface area contributed by atoms with E-state index in [1.807, 2.05) is 11.9 Å². The summed E-state index contributed by atoms with van der Waals surface area (Å²) < 4.78 is 27.0.